The molecular weight excluding hydrogens is 356 g/mol. The molecule has 0 aliphatic carbocycles. The number of pyridine rings is 1. The van der Waals surface area contributed by atoms with Gasteiger partial charge < -0.3 is 14.6 Å². The molecule has 8 heteroatoms. The second-order valence-electron chi connectivity index (χ2n) is 4.53. The minimum atomic E-state index is -1.14. The maximum atomic E-state index is 11.0. The molecule has 0 radical (unpaired) electrons. The van der Waals surface area contributed by atoms with Crippen molar-refractivity contribution in [2.45, 2.75) is 6.42 Å². The van der Waals surface area contributed by atoms with E-state index in [-0.39, 0.29) is 6.42 Å². The summed E-state index contributed by atoms with van der Waals surface area (Å²) in [5.41, 5.74) is 1.42. The minimum absolute atomic E-state index is 0.188. The maximum Gasteiger partial charge on any atom is 0.212 e. The van der Waals surface area contributed by atoms with E-state index >= 15 is 0 Å². The molecule has 23 heavy (non-hydrogen) atoms. The number of rotatable bonds is 5. The molecule has 0 spiro atoms. The van der Waals surface area contributed by atoms with Crippen LogP contribution in [-0.4, -0.2) is 23.0 Å². The van der Waals surface area contributed by atoms with Gasteiger partial charge in [0.05, 0.1) is 22.0 Å². The first-order valence-corrected chi connectivity index (χ1v) is 8.53. The Bertz CT molecular complexity index is 843. The fraction of sp³-hybridized carbons (Fsp3) is 0.133. The van der Waals surface area contributed by atoms with Crippen LogP contribution in [-0.2, 0) is 11.2 Å². The molecule has 0 atom stereocenters. The van der Waals surface area contributed by atoms with Crippen molar-refractivity contribution in [3.8, 4) is 27.0 Å². The van der Waals surface area contributed by atoms with Crippen LogP contribution in [0, 0.1) is 0 Å². The largest absolute Gasteiger partial charge is 0.550 e. The van der Waals surface area contributed by atoms with Crippen LogP contribution < -0.4 is 9.84 Å². The molecule has 0 aliphatic heterocycles. The van der Waals surface area contributed by atoms with E-state index in [0.717, 1.165) is 10.4 Å². The molecular formula is C15H10ClN2O3S2-. The zero-order valence-corrected chi connectivity index (χ0v) is 14.3. The van der Waals surface area contributed by atoms with Crippen LogP contribution >= 0.6 is 34.3 Å². The topological polar surface area (TPSA) is 75.1 Å². The standard InChI is InChI=1S/C15H11ClN2O3S2/c1-21-12-5-2-8(7-17-12)15-18-14(9-3-4-11(16)22-9)10(23-15)6-13(19)20/h2-5,7H,6H2,1H3,(H,19,20)/p-1. The number of aromatic nitrogens is 2. The smallest absolute Gasteiger partial charge is 0.212 e. The number of carboxylic acid groups (broad SMARTS) is 1. The van der Waals surface area contributed by atoms with E-state index in [2.05, 4.69) is 9.97 Å². The molecule has 3 aromatic rings. The van der Waals surface area contributed by atoms with Crippen molar-refractivity contribution in [3.05, 3.63) is 39.7 Å². The summed E-state index contributed by atoms with van der Waals surface area (Å²) in [5, 5.41) is 11.7. The van der Waals surface area contributed by atoms with Gasteiger partial charge in [-0.1, -0.05) is 11.6 Å². The van der Waals surface area contributed by atoms with Crippen LogP contribution in [0.1, 0.15) is 4.88 Å². The molecule has 3 heterocycles. The van der Waals surface area contributed by atoms with E-state index in [1.54, 1.807) is 25.4 Å². The van der Waals surface area contributed by atoms with E-state index in [0.29, 0.717) is 25.8 Å². The van der Waals surface area contributed by atoms with Gasteiger partial charge in [0.25, 0.3) is 0 Å². The number of carboxylic acids is 1. The molecule has 0 aliphatic rings. The molecule has 0 N–H and O–H groups in total. The molecule has 118 valence electrons. The molecule has 0 saturated heterocycles. The van der Waals surface area contributed by atoms with Gasteiger partial charge in [0.1, 0.15) is 5.01 Å². The van der Waals surface area contributed by atoms with Crippen LogP contribution in [0.25, 0.3) is 21.1 Å². The van der Waals surface area contributed by atoms with E-state index in [1.807, 2.05) is 12.1 Å². The Balaban J connectivity index is 2.04. The summed E-state index contributed by atoms with van der Waals surface area (Å²) in [6.07, 6.45) is 1.46. The average Bonchev–Trinajstić information content (AvgIpc) is 3.13. The quantitative estimate of drug-likeness (QED) is 0.695. The highest BCUT2D eigenvalue weighted by atomic mass is 35.5. The zero-order chi connectivity index (χ0) is 16.4. The van der Waals surface area contributed by atoms with Crippen LogP contribution in [0.5, 0.6) is 5.88 Å². The van der Waals surface area contributed by atoms with Crippen molar-refractivity contribution in [3.63, 3.8) is 0 Å². The normalized spacial score (nSPS) is 10.7. The molecule has 0 aromatic carbocycles. The Morgan fingerprint density at radius 3 is 2.70 bits per heavy atom. The van der Waals surface area contributed by atoms with Crippen LogP contribution in [0.3, 0.4) is 0 Å². The van der Waals surface area contributed by atoms with E-state index in [9.17, 15) is 9.90 Å². The lowest BCUT2D eigenvalue weighted by Gasteiger charge is -2.00. The second-order valence-corrected chi connectivity index (χ2v) is 7.33. The number of thiophene rings is 1. The lowest BCUT2D eigenvalue weighted by atomic mass is 10.2. The van der Waals surface area contributed by atoms with Crippen molar-refractivity contribution in [1.82, 2.24) is 9.97 Å². The third-order valence-electron chi connectivity index (χ3n) is 3.00. The third-order valence-corrected chi connectivity index (χ3v) is 5.34. The van der Waals surface area contributed by atoms with Gasteiger partial charge in [-0.2, -0.15) is 0 Å². The predicted octanol–water partition coefficient (Wildman–Crippen LogP) is 2.89. The summed E-state index contributed by atoms with van der Waals surface area (Å²) >= 11 is 8.63. The Morgan fingerprint density at radius 2 is 2.13 bits per heavy atom. The summed E-state index contributed by atoms with van der Waals surface area (Å²) in [7, 11) is 1.54. The van der Waals surface area contributed by atoms with Crippen molar-refractivity contribution < 1.29 is 14.6 Å². The highest BCUT2D eigenvalue weighted by Crippen LogP contribution is 2.38. The zero-order valence-electron chi connectivity index (χ0n) is 11.9. The number of ether oxygens (including phenoxy) is 1. The van der Waals surface area contributed by atoms with Crippen molar-refractivity contribution >= 4 is 40.2 Å². The predicted molar refractivity (Wildman–Crippen MR) is 88.9 cm³/mol. The van der Waals surface area contributed by atoms with Crippen molar-refractivity contribution in [1.29, 1.82) is 0 Å². The summed E-state index contributed by atoms with van der Waals surface area (Å²) in [4.78, 5) is 21.2. The van der Waals surface area contributed by atoms with Gasteiger partial charge in [-0.25, -0.2) is 9.97 Å². The highest BCUT2D eigenvalue weighted by molar-refractivity contribution is 7.20. The van der Waals surface area contributed by atoms with Crippen LogP contribution in [0.15, 0.2) is 30.5 Å². The fourth-order valence-electron chi connectivity index (χ4n) is 1.99. The van der Waals surface area contributed by atoms with Gasteiger partial charge in [0.15, 0.2) is 0 Å². The third kappa shape index (κ3) is 3.52. The van der Waals surface area contributed by atoms with Gasteiger partial charge in [-0.15, -0.1) is 22.7 Å². The number of nitrogens with zero attached hydrogens (tertiary/aromatic N) is 2. The molecule has 3 aromatic heterocycles. The van der Waals surface area contributed by atoms with Gasteiger partial charge in [0, 0.05) is 35.1 Å². The van der Waals surface area contributed by atoms with E-state index in [1.165, 1.54) is 22.7 Å². The Labute approximate surface area is 145 Å². The van der Waals surface area contributed by atoms with Crippen molar-refractivity contribution in [2.24, 2.45) is 0 Å². The summed E-state index contributed by atoms with van der Waals surface area (Å²) in [5.74, 6) is -0.637. The Kier molecular flexibility index (Phi) is 4.61. The van der Waals surface area contributed by atoms with E-state index < -0.39 is 5.97 Å². The lowest BCUT2D eigenvalue weighted by Crippen LogP contribution is -2.24. The summed E-state index contributed by atoms with van der Waals surface area (Å²) < 4.78 is 5.66. The number of halogens is 1. The van der Waals surface area contributed by atoms with Gasteiger partial charge in [0.2, 0.25) is 5.88 Å². The number of carbonyl (C=O) groups is 1. The maximum absolute atomic E-state index is 11.0. The molecule has 0 bridgehead atoms. The monoisotopic (exact) mass is 365 g/mol. The van der Waals surface area contributed by atoms with Crippen LogP contribution in [0.4, 0.5) is 0 Å². The average molecular weight is 366 g/mol. The van der Waals surface area contributed by atoms with E-state index in [4.69, 9.17) is 16.3 Å². The number of methoxy groups -OCH3 is 1. The minimum Gasteiger partial charge on any atom is -0.550 e. The molecule has 0 saturated carbocycles. The van der Waals surface area contributed by atoms with Gasteiger partial charge in [-0.05, 0) is 18.2 Å². The molecule has 0 unspecified atom stereocenters. The molecule has 0 fully saturated rings. The van der Waals surface area contributed by atoms with Crippen LogP contribution in [0.2, 0.25) is 4.34 Å². The first-order valence-electron chi connectivity index (χ1n) is 6.52. The number of thiazole rings is 1. The molecule has 3 rings (SSSR count). The summed E-state index contributed by atoms with van der Waals surface area (Å²) in [6, 6.07) is 7.16. The Hall–Kier alpha value is -1.96. The number of hydrogen-bond donors (Lipinski definition) is 0. The number of carbonyl (C=O) groups excluding carboxylic acids is 1. The van der Waals surface area contributed by atoms with Gasteiger partial charge in [-0.3, -0.25) is 0 Å². The lowest BCUT2D eigenvalue weighted by molar-refractivity contribution is -0.304. The highest BCUT2D eigenvalue weighted by Gasteiger charge is 2.16. The fourth-order valence-corrected chi connectivity index (χ4v) is 4.16. The first-order chi connectivity index (χ1) is 11.1. The Morgan fingerprint density at radius 1 is 1.30 bits per heavy atom. The molecule has 5 nitrogen and oxygen atoms in total. The first kappa shape index (κ1) is 15.9. The molecule has 0 amide bonds. The number of hydrogen-bond acceptors (Lipinski definition) is 7. The second kappa shape index (κ2) is 6.66. The van der Waals surface area contributed by atoms with Crippen molar-refractivity contribution in [2.75, 3.05) is 7.11 Å². The SMILES string of the molecule is COc1ccc(-c2nc(-c3ccc(Cl)s3)c(CC(=O)[O-])s2)cn1. The summed E-state index contributed by atoms with van der Waals surface area (Å²) in [6.45, 7) is 0. The number of aliphatic carboxylic acids is 1. The van der Waals surface area contributed by atoms with Gasteiger partial charge >= 0.3 is 0 Å².